The molecule has 0 bridgehead atoms. The lowest BCUT2D eigenvalue weighted by Gasteiger charge is -2.07. The lowest BCUT2D eigenvalue weighted by atomic mass is 10.0. The Hall–Kier alpha value is -1.94. The number of nitrogens with one attached hydrogen (secondary N) is 1. The van der Waals surface area contributed by atoms with Crippen LogP contribution in [0, 0.1) is 11.3 Å². The van der Waals surface area contributed by atoms with Gasteiger partial charge in [-0.2, -0.15) is 23.5 Å². The average Bonchev–Trinajstić information content (AvgIpc) is 2.77. The Labute approximate surface area is 106 Å². The molecule has 0 atom stereocenters. The maximum Gasteiger partial charge on any atom is 0.435 e. The molecule has 0 saturated heterocycles. The highest BCUT2D eigenvalue weighted by Crippen LogP contribution is 2.36. The molecule has 0 fully saturated rings. The van der Waals surface area contributed by atoms with Crippen LogP contribution in [-0.2, 0) is 6.18 Å². The first kappa shape index (κ1) is 12.5. The van der Waals surface area contributed by atoms with Crippen molar-refractivity contribution < 1.29 is 13.2 Å². The first-order chi connectivity index (χ1) is 8.43. The minimum absolute atomic E-state index is 0.0673. The monoisotopic (exact) mass is 269 g/mol. The van der Waals surface area contributed by atoms with Crippen molar-refractivity contribution in [2.45, 2.75) is 11.1 Å². The van der Waals surface area contributed by atoms with Gasteiger partial charge in [-0.25, -0.2) is 0 Å². The van der Waals surface area contributed by atoms with Gasteiger partial charge >= 0.3 is 6.18 Å². The minimum atomic E-state index is -4.53. The van der Waals surface area contributed by atoms with Gasteiger partial charge < -0.3 is 0 Å². The van der Waals surface area contributed by atoms with Crippen molar-refractivity contribution in [3.05, 3.63) is 35.7 Å². The van der Waals surface area contributed by atoms with Crippen molar-refractivity contribution in [3.63, 3.8) is 0 Å². The van der Waals surface area contributed by atoms with Crippen molar-refractivity contribution in [1.29, 1.82) is 5.26 Å². The highest BCUT2D eigenvalue weighted by molar-refractivity contribution is 7.80. The summed E-state index contributed by atoms with van der Waals surface area (Å²) in [4.78, 5) is 0.323. The van der Waals surface area contributed by atoms with E-state index in [4.69, 9.17) is 5.26 Å². The standard InChI is InChI=1S/C11H6F3N3S/c12-11(13,14)10-8(5-16-17-10)6-1-2-7(4-15)9(18)3-6/h1-3,5,18H,(H,16,17). The number of H-pyrrole nitrogens is 1. The molecule has 2 aromatic rings. The third kappa shape index (κ3) is 2.19. The van der Waals surface area contributed by atoms with E-state index in [-0.39, 0.29) is 5.56 Å². The lowest BCUT2D eigenvalue weighted by molar-refractivity contribution is -0.140. The fourth-order valence-corrected chi connectivity index (χ4v) is 1.78. The molecule has 0 radical (unpaired) electrons. The van der Waals surface area contributed by atoms with E-state index in [9.17, 15) is 13.2 Å². The van der Waals surface area contributed by atoms with Crippen LogP contribution < -0.4 is 0 Å². The number of nitrogens with zero attached hydrogens (tertiary/aromatic N) is 2. The van der Waals surface area contributed by atoms with Gasteiger partial charge in [0.2, 0.25) is 0 Å². The molecule has 0 saturated carbocycles. The summed E-state index contributed by atoms with van der Waals surface area (Å²) in [6, 6.07) is 6.15. The summed E-state index contributed by atoms with van der Waals surface area (Å²) in [6.07, 6.45) is -3.36. The normalized spacial score (nSPS) is 11.3. The Bertz CT molecular complexity index is 625. The highest BCUT2D eigenvalue weighted by atomic mass is 32.1. The Morgan fingerprint density at radius 1 is 1.33 bits per heavy atom. The molecule has 0 spiro atoms. The molecule has 2 rings (SSSR count). The third-order valence-electron chi connectivity index (χ3n) is 2.34. The van der Waals surface area contributed by atoms with Crippen molar-refractivity contribution in [2.75, 3.05) is 0 Å². The second-order valence-electron chi connectivity index (χ2n) is 3.49. The van der Waals surface area contributed by atoms with Gasteiger partial charge in [0.05, 0.1) is 5.56 Å². The first-order valence-electron chi connectivity index (χ1n) is 4.78. The smallest absolute Gasteiger partial charge is 0.284 e. The number of hydrogen-bond donors (Lipinski definition) is 2. The van der Waals surface area contributed by atoms with Crippen LogP contribution in [0.5, 0.6) is 0 Å². The second kappa shape index (κ2) is 4.38. The molecular formula is C11H6F3N3S. The van der Waals surface area contributed by atoms with Gasteiger partial charge in [0.25, 0.3) is 0 Å². The van der Waals surface area contributed by atoms with Gasteiger partial charge in [0, 0.05) is 16.7 Å². The van der Waals surface area contributed by atoms with Crippen molar-refractivity contribution >= 4 is 12.6 Å². The number of alkyl halides is 3. The van der Waals surface area contributed by atoms with E-state index in [2.05, 4.69) is 22.8 Å². The zero-order valence-corrected chi connectivity index (χ0v) is 9.68. The molecule has 3 nitrogen and oxygen atoms in total. The van der Waals surface area contributed by atoms with E-state index in [1.54, 1.807) is 0 Å². The average molecular weight is 269 g/mol. The number of aromatic nitrogens is 2. The van der Waals surface area contributed by atoms with Crippen LogP contribution in [0.3, 0.4) is 0 Å². The first-order valence-corrected chi connectivity index (χ1v) is 5.22. The summed E-state index contributed by atoms with van der Waals surface area (Å²) in [5.41, 5.74) is -0.443. The molecular weight excluding hydrogens is 263 g/mol. The Morgan fingerprint density at radius 3 is 2.61 bits per heavy atom. The van der Waals surface area contributed by atoms with Crippen LogP contribution >= 0.6 is 12.6 Å². The van der Waals surface area contributed by atoms with E-state index in [1.165, 1.54) is 18.2 Å². The van der Waals surface area contributed by atoms with E-state index in [1.807, 2.05) is 6.07 Å². The molecule has 0 unspecified atom stereocenters. The zero-order valence-electron chi connectivity index (χ0n) is 8.78. The summed E-state index contributed by atoms with van der Waals surface area (Å²) in [5.74, 6) is 0. The van der Waals surface area contributed by atoms with Crippen molar-refractivity contribution in [3.8, 4) is 17.2 Å². The molecule has 18 heavy (non-hydrogen) atoms. The quantitative estimate of drug-likeness (QED) is 0.781. The summed E-state index contributed by atoms with van der Waals surface area (Å²) < 4.78 is 38.0. The number of nitriles is 1. The van der Waals surface area contributed by atoms with Gasteiger partial charge in [0.15, 0.2) is 5.69 Å². The van der Waals surface area contributed by atoms with Gasteiger partial charge in [-0.05, 0) is 17.7 Å². The Morgan fingerprint density at radius 2 is 2.06 bits per heavy atom. The minimum Gasteiger partial charge on any atom is -0.284 e. The Kier molecular flexibility index (Phi) is 3.05. The number of hydrogen-bond acceptors (Lipinski definition) is 3. The van der Waals surface area contributed by atoms with Crippen LogP contribution in [0.2, 0.25) is 0 Å². The highest BCUT2D eigenvalue weighted by Gasteiger charge is 2.36. The molecule has 0 amide bonds. The van der Waals surface area contributed by atoms with E-state index < -0.39 is 11.9 Å². The topological polar surface area (TPSA) is 52.5 Å². The number of halogens is 3. The van der Waals surface area contributed by atoms with Gasteiger partial charge in [-0.3, -0.25) is 5.10 Å². The van der Waals surface area contributed by atoms with Gasteiger partial charge in [-0.15, -0.1) is 12.6 Å². The van der Waals surface area contributed by atoms with E-state index in [0.717, 1.165) is 6.20 Å². The summed E-state index contributed by atoms with van der Waals surface area (Å²) in [5, 5.41) is 14.1. The predicted molar refractivity (Wildman–Crippen MR) is 61.0 cm³/mol. The van der Waals surface area contributed by atoms with E-state index >= 15 is 0 Å². The molecule has 1 aromatic carbocycles. The van der Waals surface area contributed by atoms with Crippen molar-refractivity contribution in [1.82, 2.24) is 10.2 Å². The largest absolute Gasteiger partial charge is 0.435 e. The molecule has 92 valence electrons. The zero-order chi connectivity index (χ0) is 13.3. The van der Waals surface area contributed by atoms with Crippen LogP contribution in [0.25, 0.3) is 11.1 Å². The van der Waals surface area contributed by atoms with Crippen LogP contribution in [0.4, 0.5) is 13.2 Å². The fraction of sp³-hybridized carbons (Fsp3) is 0.0909. The second-order valence-corrected chi connectivity index (χ2v) is 3.97. The van der Waals surface area contributed by atoms with Gasteiger partial charge in [0.1, 0.15) is 6.07 Å². The van der Waals surface area contributed by atoms with Crippen LogP contribution in [0.1, 0.15) is 11.3 Å². The SMILES string of the molecule is N#Cc1ccc(-c2c[nH]nc2C(F)(F)F)cc1S. The molecule has 0 aliphatic rings. The third-order valence-corrected chi connectivity index (χ3v) is 2.71. The number of aromatic amines is 1. The van der Waals surface area contributed by atoms with Crippen LogP contribution in [-0.4, -0.2) is 10.2 Å². The lowest BCUT2D eigenvalue weighted by Crippen LogP contribution is -2.07. The van der Waals surface area contributed by atoms with E-state index in [0.29, 0.717) is 16.0 Å². The van der Waals surface area contributed by atoms with Crippen LogP contribution in [0.15, 0.2) is 29.3 Å². The summed E-state index contributed by atoms with van der Waals surface area (Å²) in [6.45, 7) is 0. The maximum atomic E-state index is 12.7. The van der Waals surface area contributed by atoms with Gasteiger partial charge in [-0.1, -0.05) is 6.07 Å². The molecule has 1 aromatic heterocycles. The molecule has 0 aliphatic heterocycles. The maximum absolute atomic E-state index is 12.7. The number of thiol groups is 1. The predicted octanol–water partition coefficient (Wildman–Crippen LogP) is 3.26. The molecule has 1 N–H and O–H groups in total. The van der Waals surface area contributed by atoms with Crippen molar-refractivity contribution in [2.24, 2.45) is 0 Å². The number of rotatable bonds is 1. The molecule has 1 heterocycles. The molecule has 7 heteroatoms. The summed E-state index contributed by atoms with van der Waals surface area (Å²) >= 11 is 4.05. The molecule has 0 aliphatic carbocycles. The Balaban J connectivity index is 2.54. The summed E-state index contributed by atoms with van der Waals surface area (Å²) in [7, 11) is 0. The number of benzene rings is 1. The fourth-order valence-electron chi connectivity index (χ4n) is 1.52.